The van der Waals surface area contributed by atoms with Gasteiger partial charge in [-0.15, -0.1) is 0 Å². The van der Waals surface area contributed by atoms with E-state index >= 15 is 0 Å². The molecule has 7 nitrogen and oxygen atoms in total. The molecule has 0 amide bonds. The number of hydrogen-bond acceptors (Lipinski definition) is 6. The lowest BCUT2D eigenvalue weighted by Gasteiger charge is -2.28. The fraction of sp³-hybridized carbons (Fsp3) is 0.464. The highest BCUT2D eigenvalue weighted by Gasteiger charge is 2.17. The van der Waals surface area contributed by atoms with E-state index in [0.29, 0.717) is 39.2 Å². The van der Waals surface area contributed by atoms with Gasteiger partial charge < -0.3 is 25.4 Å². The molecule has 9 heteroatoms. The summed E-state index contributed by atoms with van der Waals surface area (Å²) >= 11 is 2.13. The molecule has 37 heavy (non-hydrogen) atoms. The predicted octanol–water partition coefficient (Wildman–Crippen LogP) is 4.69. The van der Waals surface area contributed by atoms with E-state index in [1.807, 2.05) is 19.1 Å². The number of nitrogens with zero attached hydrogens (tertiary/aromatic N) is 1. The number of rotatable bonds is 10. The second-order valence-electron chi connectivity index (χ2n) is 9.27. The van der Waals surface area contributed by atoms with Gasteiger partial charge in [0.05, 0.1) is 30.9 Å². The number of nitrogens with one attached hydrogen (secondary N) is 4. The lowest BCUT2D eigenvalue weighted by molar-refractivity contribution is 0.0380. The Bertz CT molecular complexity index is 1140. The first kappa shape index (κ1) is 29.2. The van der Waals surface area contributed by atoms with Gasteiger partial charge in [0.1, 0.15) is 17.4 Å². The summed E-state index contributed by atoms with van der Waals surface area (Å²) in [5.74, 6) is 7.24. The molecule has 0 aliphatic carbocycles. The van der Waals surface area contributed by atoms with E-state index < -0.39 is 5.54 Å². The van der Waals surface area contributed by atoms with Crippen LogP contribution >= 0.6 is 22.6 Å². The van der Waals surface area contributed by atoms with E-state index in [1.54, 1.807) is 19.2 Å². The average Bonchev–Trinajstić information content (AvgIpc) is 2.89. The van der Waals surface area contributed by atoms with Gasteiger partial charge in [0.2, 0.25) is 0 Å². The lowest BCUT2D eigenvalue weighted by atomic mass is 10.0. The van der Waals surface area contributed by atoms with Crippen molar-refractivity contribution >= 4 is 39.8 Å². The molecule has 1 aliphatic rings. The lowest BCUT2D eigenvalue weighted by Crippen LogP contribution is -2.45. The summed E-state index contributed by atoms with van der Waals surface area (Å²) in [6.07, 6.45) is 0. The molecule has 0 aromatic heterocycles. The topological polar surface area (TPSA) is 81.6 Å². The summed E-state index contributed by atoms with van der Waals surface area (Å²) in [4.78, 5) is 2.39. The third-order valence-corrected chi connectivity index (χ3v) is 6.85. The van der Waals surface area contributed by atoms with Crippen molar-refractivity contribution in [3.63, 3.8) is 0 Å². The van der Waals surface area contributed by atoms with Gasteiger partial charge in [0.25, 0.3) is 0 Å². The molecule has 0 saturated carbocycles. The molecule has 4 N–H and O–H groups in total. The summed E-state index contributed by atoms with van der Waals surface area (Å²) in [6, 6.07) is 8.53. The minimum Gasteiger partial charge on any atom is -0.492 e. The molecular weight excluding hydrogens is 584 g/mol. The largest absolute Gasteiger partial charge is 0.492 e. The number of alkyl halides is 1. The highest BCUT2D eigenvalue weighted by molar-refractivity contribution is 14.1. The van der Waals surface area contributed by atoms with Crippen molar-refractivity contribution in [3.8, 4) is 17.6 Å². The zero-order chi connectivity index (χ0) is 26.8. The molecule has 0 bridgehead atoms. The van der Waals surface area contributed by atoms with E-state index in [9.17, 15) is 4.39 Å². The predicted molar refractivity (Wildman–Crippen MR) is 158 cm³/mol. The zero-order valence-corrected chi connectivity index (χ0v) is 24.2. The quantitative estimate of drug-likeness (QED) is 0.101. The third kappa shape index (κ3) is 8.57. The van der Waals surface area contributed by atoms with Gasteiger partial charge in [-0.05, 0) is 50.6 Å². The Hall–Kier alpha value is -2.39. The third-order valence-electron chi connectivity index (χ3n) is 6.03. The molecule has 0 unspecified atom stereocenters. The van der Waals surface area contributed by atoms with Gasteiger partial charge in [0.15, 0.2) is 0 Å². The molecule has 0 radical (unpaired) electrons. The summed E-state index contributed by atoms with van der Waals surface area (Å²) in [6.45, 7) is 11.8. The van der Waals surface area contributed by atoms with Crippen LogP contribution in [0.4, 0.5) is 15.8 Å². The molecule has 1 aliphatic heterocycles. The van der Waals surface area contributed by atoms with Crippen LogP contribution < -0.4 is 20.7 Å². The van der Waals surface area contributed by atoms with E-state index in [2.05, 4.69) is 69.1 Å². The minimum atomic E-state index is -0.409. The van der Waals surface area contributed by atoms with E-state index in [-0.39, 0.29) is 11.7 Å². The van der Waals surface area contributed by atoms with Gasteiger partial charge in [0, 0.05) is 60.7 Å². The number of benzene rings is 2. The van der Waals surface area contributed by atoms with E-state index in [4.69, 9.17) is 14.9 Å². The average molecular weight is 622 g/mol. The number of morpholine rings is 1. The fourth-order valence-corrected chi connectivity index (χ4v) is 4.54. The molecular formula is C28H37FIN5O2. The van der Waals surface area contributed by atoms with Gasteiger partial charge in [-0.2, -0.15) is 0 Å². The molecule has 0 atom stereocenters. The van der Waals surface area contributed by atoms with Crippen molar-refractivity contribution < 1.29 is 13.9 Å². The van der Waals surface area contributed by atoms with Gasteiger partial charge in [-0.25, -0.2) is 4.39 Å². The van der Waals surface area contributed by atoms with Gasteiger partial charge >= 0.3 is 0 Å². The number of halogens is 2. The van der Waals surface area contributed by atoms with Gasteiger partial charge in [-0.1, -0.05) is 34.4 Å². The molecule has 2 aromatic carbocycles. The van der Waals surface area contributed by atoms with E-state index in [1.165, 1.54) is 6.07 Å². The second kappa shape index (κ2) is 14.0. The number of anilines is 2. The first-order chi connectivity index (χ1) is 17.8. The Kier molecular flexibility index (Phi) is 11.0. The van der Waals surface area contributed by atoms with Crippen LogP contribution in [0, 0.1) is 23.1 Å². The Morgan fingerprint density at radius 2 is 2.00 bits per heavy atom. The first-order valence-electron chi connectivity index (χ1n) is 12.5. The monoisotopic (exact) mass is 621 g/mol. The highest BCUT2D eigenvalue weighted by atomic mass is 127. The van der Waals surface area contributed by atoms with Crippen molar-refractivity contribution in [1.82, 2.24) is 10.2 Å². The zero-order valence-electron chi connectivity index (χ0n) is 22.1. The van der Waals surface area contributed by atoms with Gasteiger partial charge in [-0.3, -0.25) is 10.3 Å². The standard InChI is InChI=1S/C28H37FIN5O2/c1-5-37-26-18-25(32-4)23(27(31)34-22-6-7-24(29)21(16-22)19-30)17-20(26)8-9-28(2,3)33-10-11-35-12-14-36-15-13-35/h6-7,16-18,32-33H,5,10-15,19H2,1-4H3,(H2,31,34). The van der Waals surface area contributed by atoms with Crippen molar-refractivity contribution in [1.29, 1.82) is 5.41 Å². The molecule has 1 heterocycles. The Morgan fingerprint density at radius 3 is 2.68 bits per heavy atom. The van der Waals surface area contributed by atoms with Crippen molar-refractivity contribution in [3.05, 3.63) is 52.8 Å². The van der Waals surface area contributed by atoms with Crippen molar-refractivity contribution in [2.24, 2.45) is 0 Å². The summed E-state index contributed by atoms with van der Waals surface area (Å²) in [7, 11) is 1.81. The molecule has 1 saturated heterocycles. The highest BCUT2D eigenvalue weighted by Crippen LogP contribution is 2.28. The number of ether oxygens (including phenoxy) is 2. The summed E-state index contributed by atoms with van der Waals surface area (Å²) in [5, 5.41) is 18.5. The van der Waals surface area contributed by atoms with Crippen molar-refractivity contribution in [2.75, 3.05) is 63.7 Å². The van der Waals surface area contributed by atoms with Crippen LogP contribution in [0.3, 0.4) is 0 Å². The molecule has 200 valence electrons. The maximum absolute atomic E-state index is 13.9. The smallest absolute Gasteiger partial charge is 0.136 e. The van der Waals surface area contributed by atoms with Crippen LogP contribution in [0.2, 0.25) is 0 Å². The van der Waals surface area contributed by atoms with Crippen LogP contribution in [0.5, 0.6) is 5.75 Å². The number of amidine groups is 1. The van der Waals surface area contributed by atoms with Crippen LogP contribution in [0.15, 0.2) is 30.3 Å². The van der Waals surface area contributed by atoms with Crippen LogP contribution in [0.1, 0.15) is 37.5 Å². The molecule has 0 spiro atoms. The SMILES string of the molecule is CCOc1cc(NC)c(C(=N)Nc2ccc(F)c(CI)c2)cc1C#CC(C)(C)NCCN1CCOCC1. The maximum Gasteiger partial charge on any atom is 0.136 e. The maximum atomic E-state index is 13.9. The molecule has 1 fully saturated rings. The normalized spacial score (nSPS) is 14.0. The second-order valence-corrected chi connectivity index (χ2v) is 10.0. The Labute approximate surface area is 233 Å². The summed E-state index contributed by atoms with van der Waals surface area (Å²) in [5.41, 5.74) is 2.94. The number of hydrogen-bond donors (Lipinski definition) is 4. The van der Waals surface area contributed by atoms with Crippen molar-refractivity contribution in [2.45, 2.75) is 30.7 Å². The Balaban J connectivity index is 1.81. The van der Waals surface area contributed by atoms with E-state index in [0.717, 1.165) is 45.1 Å². The molecule has 3 rings (SSSR count). The first-order valence-corrected chi connectivity index (χ1v) is 14.1. The minimum absolute atomic E-state index is 0.185. The summed E-state index contributed by atoms with van der Waals surface area (Å²) < 4.78 is 25.8. The Morgan fingerprint density at radius 1 is 1.24 bits per heavy atom. The van der Waals surface area contributed by atoms with Crippen LogP contribution in [0.25, 0.3) is 0 Å². The van der Waals surface area contributed by atoms with Crippen LogP contribution in [-0.4, -0.2) is 69.3 Å². The van der Waals surface area contributed by atoms with Crippen LogP contribution in [-0.2, 0) is 9.16 Å². The fourth-order valence-electron chi connectivity index (χ4n) is 3.95. The molecule has 2 aromatic rings.